The normalized spacial score (nSPS) is 12.1. The zero-order valence-corrected chi connectivity index (χ0v) is 22.8. The van der Waals surface area contributed by atoms with Gasteiger partial charge >= 0.3 is 0 Å². The lowest BCUT2D eigenvalue weighted by molar-refractivity contribution is -0.139. The van der Waals surface area contributed by atoms with Gasteiger partial charge in [-0.15, -0.1) is 0 Å². The highest BCUT2D eigenvalue weighted by Crippen LogP contribution is 2.31. The molecule has 0 radical (unpaired) electrons. The SMILES string of the molecule is CCCNC(=O)[C@H](C)N(Cc1ccc(Cl)c(Cl)c1)C(=O)CN(c1cc(C)ccc1OC)S(C)(=O)=O. The van der Waals surface area contributed by atoms with Gasteiger partial charge in [0.1, 0.15) is 18.3 Å². The Bertz CT molecular complexity index is 1170. The van der Waals surface area contributed by atoms with Crippen LogP contribution in [0.3, 0.4) is 0 Å². The van der Waals surface area contributed by atoms with Crippen LogP contribution in [0.25, 0.3) is 0 Å². The number of rotatable bonds is 11. The first-order chi connectivity index (χ1) is 16.4. The summed E-state index contributed by atoms with van der Waals surface area (Å²) in [6, 6.07) is 9.09. The Hall–Kier alpha value is -2.49. The number of nitrogens with zero attached hydrogens (tertiary/aromatic N) is 2. The quantitative estimate of drug-likeness (QED) is 0.461. The number of amides is 2. The van der Waals surface area contributed by atoms with Crippen LogP contribution in [0.2, 0.25) is 10.0 Å². The molecule has 1 atom stereocenters. The highest BCUT2D eigenvalue weighted by molar-refractivity contribution is 7.92. The van der Waals surface area contributed by atoms with Crippen LogP contribution in [0.1, 0.15) is 31.4 Å². The molecule has 0 aliphatic rings. The number of methoxy groups -OCH3 is 1. The van der Waals surface area contributed by atoms with E-state index in [1.807, 2.05) is 13.8 Å². The van der Waals surface area contributed by atoms with Gasteiger partial charge in [-0.2, -0.15) is 0 Å². The maximum absolute atomic E-state index is 13.6. The average molecular weight is 545 g/mol. The number of ether oxygens (including phenoxy) is 1. The number of halogens is 2. The van der Waals surface area contributed by atoms with Crippen molar-refractivity contribution in [1.82, 2.24) is 10.2 Å². The van der Waals surface area contributed by atoms with Crippen LogP contribution in [0, 0.1) is 6.92 Å². The van der Waals surface area contributed by atoms with E-state index in [0.29, 0.717) is 27.9 Å². The summed E-state index contributed by atoms with van der Waals surface area (Å²) < 4.78 is 31.8. The zero-order valence-electron chi connectivity index (χ0n) is 20.5. The topological polar surface area (TPSA) is 96.0 Å². The van der Waals surface area contributed by atoms with Crippen molar-refractivity contribution in [2.45, 2.75) is 39.8 Å². The highest BCUT2D eigenvalue weighted by atomic mass is 35.5. The maximum Gasteiger partial charge on any atom is 0.244 e. The Balaban J connectivity index is 2.46. The molecular weight excluding hydrogens is 513 g/mol. The molecule has 0 aliphatic carbocycles. The molecule has 2 rings (SSSR count). The number of aryl methyl sites for hydroxylation is 1. The summed E-state index contributed by atoms with van der Waals surface area (Å²) in [6.07, 6.45) is 1.75. The largest absolute Gasteiger partial charge is 0.495 e. The third-order valence-electron chi connectivity index (χ3n) is 5.34. The van der Waals surface area contributed by atoms with E-state index in [9.17, 15) is 18.0 Å². The van der Waals surface area contributed by atoms with E-state index in [0.717, 1.165) is 22.5 Å². The van der Waals surface area contributed by atoms with Gasteiger partial charge in [0.2, 0.25) is 21.8 Å². The van der Waals surface area contributed by atoms with Gasteiger partial charge in [0.15, 0.2) is 0 Å². The van der Waals surface area contributed by atoms with Crippen molar-refractivity contribution in [3.63, 3.8) is 0 Å². The Morgan fingerprint density at radius 3 is 2.37 bits per heavy atom. The van der Waals surface area contributed by atoms with E-state index in [-0.39, 0.29) is 18.1 Å². The van der Waals surface area contributed by atoms with Gasteiger partial charge in [0, 0.05) is 13.1 Å². The molecule has 2 aromatic carbocycles. The molecule has 0 spiro atoms. The van der Waals surface area contributed by atoms with Crippen molar-refractivity contribution in [1.29, 1.82) is 0 Å². The second-order valence-corrected chi connectivity index (χ2v) is 10.9. The minimum Gasteiger partial charge on any atom is -0.495 e. The van der Waals surface area contributed by atoms with Gasteiger partial charge in [0.05, 0.1) is 29.1 Å². The number of benzene rings is 2. The summed E-state index contributed by atoms with van der Waals surface area (Å²) in [4.78, 5) is 27.7. The van der Waals surface area contributed by atoms with E-state index in [1.54, 1.807) is 43.3 Å². The molecule has 0 saturated heterocycles. The number of anilines is 1. The fourth-order valence-electron chi connectivity index (χ4n) is 3.40. The van der Waals surface area contributed by atoms with Gasteiger partial charge in [-0.3, -0.25) is 13.9 Å². The van der Waals surface area contributed by atoms with E-state index < -0.39 is 28.5 Å². The summed E-state index contributed by atoms with van der Waals surface area (Å²) in [7, 11) is -2.45. The summed E-state index contributed by atoms with van der Waals surface area (Å²) >= 11 is 12.2. The fourth-order valence-corrected chi connectivity index (χ4v) is 4.57. The van der Waals surface area contributed by atoms with Crippen LogP contribution < -0.4 is 14.4 Å². The second kappa shape index (κ2) is 12.5. The van der Waals surface area contributed by atoms with Crippen LogP contribution in [0.5, 0.6) is 5.75 Å². The van der Waals surface area contributed by atoms with Gasteiger partial charge in [-0.1, -0.05) is 42.3 Å². The molecule has 0 bridgehead atoms. The standard InChI is InChI=1S/C24H31Cl2N3O5S/c1-6-11-27-24(31)17(3)28(14-18-8-9-19(25)20(26)13-18)23(30)15-29(35(5,32)33)21-12-16(2)7-10-22(21)34-4/h7-10,12-13,17H,6,11,14-15H2,1-5H3,(H,27,31)/t17-/m0/s1. The minimum atomic E-state index is -3.87. The molecule has 11 heteroatoms. The molecule has 0 saturated carbocycles. The summed E-state index contributed by atoms with van der Waals surface area (Å²) in [5.41, 5.74) is 1.67. The first-order valence-corrected chi connectivity index (χ1v) is 13.6. The van der Waals surface area contributed by atoms with Crippen molar-refractivity contribution < 1.29 is 22.7 Å². The van der Waals surface area contributed by atoms with Crippen LogP contribution in [0.4, 0.5) is 5.69 Å². The molecule has 0 fully saturated rings. The Morgan fingerprint density at radius 2 is 1.80 bits per heavy atom. The minimum absolute atomic E-state index is 0.0268. The van der Waals surface area contributed by atoms with E-state index in [1.165, 1.54) is 12.0 Å². The number of sulfonamides is 1. The summed E-state index contributed by atoms with van der Waals surface area (Å²) in [5, 5.41) is 3.45. The number of carbonyl (C=O) groups excluding carboxylic acids is 2. The predicted octanol–water partition coefficient (Wildman–Crippen LogP) is 4.02. The lowest BCUT2D eigenvalue weighted by Crippen LogP contribution is -2.51. The summed E-state index contributed by atoms with van der Waals surface area (Å²) in [5.74, 6) is -0.609. The van der Waals surface area contributed by atoms with Crippen molar-refractivity contribution in [2.24, 2.45) is 0 Å². The molecule has 35 heavy (non-hydrogen) atoms. The number of hydrogen-bond donors (Lipinski definition) is 1. The smallest absolute Gasteiger partial charge is 0.244 e. The second-order valence-electron chi connectivity index (χ2n) is 8.18. The van der Waals surface area contributed by atoms with E-state index in [4.69, 9.17) is 27.9 Å². The van der Waals surface area contributed by atoms with E-state index >= 15 is 0 Å². The highest BCUT2D eigenvalue weighted by Gasteiger charge is 2.31. The van der Waals surface area contributed by atoms with Crippen LogP contribution >= 0.6 is 23.2 Å². The molecule has 2 amide bonds. The Labute approximate surface area is 217 Å². The molecule has 2 aromatic rings. The van der Waals surface area contributed by atoms with Crippen molar-refractivity contribution in [3.8, 4) is 5.75 Å². The first kappa shape index (κ1) is 28.7. The zero-order chi connectivity index (χ0) is 26.3. The van der Waals surface area contributed by atoms with Gasteiger partial charge < -0.3 is 15.0 Å². The van der Waals surface area contributed by atoms with Crippen molar-refractivity contribution in [2.75, 3.05) is 30.8 Å². The fraction of sp³-hybridized carbons (Fsp3) is 0.417. The number of carbonyl (C=O) groups is 2. The number of hydrogen-bond acceptors (Lipinski definition) is 5. The van der Waals surface area contributed by atoms with Crippen LogP contribution in [0.15, 0.2) is 36.4 Å². The van der Waals surface area contributed by atoms with Gasteiger partial charge in [0.25, 0.3) is 0 Å². The molecule has 0 aliphatic heterocycles. The first-order valence-electron chi connectivity index (χ1n) is 11.0. The Morgan fingerprint density at radius 1 is 1.11 bits per heavy atom. The third-order valence-corrected chi connectivity index (χ3v) is 7.20. The van der Waals surface area contributed by atoms with Crippen LogP contribution in [-0.2, 0) is 26.2 Å². The van der Waals surface area contributed by atoms with Crippen LogP contribution in [-0.4, -0.2) is 57.6 Å². The lowest BCUT2D eigenvalue weighted by atomic mass is 10.1. The maximum atomic E-state index is 13.6. The van der Waals surface area contributed by atoms with Gasteiger partial charge in [-0.25, -0.2) is 8.42 Å². The third kappa shape index (κ3) is 7.75. The molecule has 1 N–H and O–H groups in total. The molecule has 8 nitrogen and oxygen atoms in total. The van der Waals surface area contributed by atoms with Gasteiger partial charge in [-0.05, 0) is 55.7 Å². The lowest BCUT2D eigenvalue weighted by Gasteiger charge is -2.32. The van der Waals surface area contributed by atoms with Crippen molar-refractivity contribution in [3.05, 3.63) is 57.6 Å². The molecular formula is C24H31Cl2N3O5S. The summed E-state index contributed by atoms with van der Waals surface area (Å²) in [6.45, 7) is 5.28. The molecule has 192 valence electrons. The number of nitrogens with one attached hydrogen (secondary N) is 1. The van der Waals surface area contributed by atoms with Crippen molar-refractivity contribution >= 4 is 50.7 Å². The predicted molar refractivity (Wildman–Crippen MR) is 140 cm³/mol. The van der Waals surface area contributed by atoms with E-state index in [2.05, 4.69) is 5.32 Å². The molecule has 0 heterocycles. The Kier molecular flexibility index (Phi) is 10.2. The monoisotopic (exact) mass is 543 g/mol. The molecule has 0 unspecified atom stereocenters. The average Bonchev–Trinajstić information content (AvgIpc) is 2.80. The molecule has 0 aromatic heterocycles.